The lowest BCUT2D eigenvalue weighted by Crippen LogP contribution is -2.55. The zero-order valence-corrected chi connectivity index (χ0v) is 25.9. The summed E-state index contributed by atoms with van der Waals surface area (Å²) in [5.74, 6) is -0.726. The number of amides is 2. The van der Waals surface area contributed by atoms with E-state index in [-0.39, 0.29) is 24.4 Å². The Labute approximate surface area is 262 Å². The highest BCUT2D eigenvalue weighted by Crippen LogP contribution is 2.30. The lowest BCUT2D eigenvalue weighted by molar-refractivity contribution is -0.146. The number of halogens is 2. The highest BCUT2D eigenvalue weighted by atomic mass is 35.5. The second kappa shape index (κ2) is 13.7. The van der Waals surface area contributed by atoms with Crippen LogP contribution < -0.4 is 5.32 Å². The molecule has 0 aliphatic carbocycles. The van der Waals surface area contributed by atoms with Crippen LogP contribution in [0.25, 0.3) is 11.4 Å². The van der Waals surface area contributed by atoms with E-state index in [0.29, 0.717) is 34.8 Å². The first-order chi connectivity index (χ1) is 21.1. The van der Waals surface area contributed by atoms with Gasteiger partial charge in [0.15, 0.2) is 0 Å². The van der Waals surface area contributed by atoms with Gasteiger partial charge in [-0.3, -0.25) is 14.5 Å². The summed E-state index contributed by atoms with van der Waals surface area (Å²) in [5, 5.41) is 16.3. The number of carbonyl (C=O) groups excluding carboxylic acids is 2. The number of hydrogen-bond acceptors (Lipinski definition) is 6. The highest BCUT2D eigenvalue weighted by Gasteiger charge is 2.39. The van der Waals surface area contributed by atoms with Crippen LogP contribution in [0, 0.1) is 5.82 Å². The molecule has 230 valence electrons. The molecule has 3 aromatic carbocycles. The van der Waals surface area contributed by atoms with Crippen molar-refractivity contribution >= 4 is 23.4 Å². The van der Waals surface area contributed by atoms with Crippen molar-refractivity contribution < 1.29 is 14.0 Å². The van der Waals surface area contributed by atoms with Gasteiger partial charge in [-0.1, -0.05) is 54.1 Å². The van der Waals surface area contributed by atoms with E-state index < -0.39 is 17.4 Å². The third-order valence-corrected chi connectivity index (χ3v) is 7.78. The van der Waals surface area contributed by atoms with Crippen molar-refractivity contribution in [2.24, 2.45) is 0 Å². The number of benzene rings is 3. The molecule has 1 aliphatic heterocycles. The Balaban J connectivity index is 1.43. The largest absolute Gasteiger partial charge is 0.349 e. The van der Waals surface area contributed by atoms with Crippen LogP contribution in [-0.4, -0.2) is 66.5 Å². The molecule has 0 bridgehead atoms. The van der Waals surface area contributed by atoms with Gasteiger partial charge in [-0.15, -0.1) is 10.2 Å². The van der Waals surface area contributed by atoms with Crippen molar-refractivity contribution in [1.29, 1.82) is 0 Å². The summed E-state index contributed by atoms with van der Waals surface area (Å²) >= 11 is 6.02. The molecule has 1 fully saturated rings. The van der Waals surface area contributed by atoms with Gasteiger partial charge in [-0.2, -0.15) is 4.80 Å². The Kier molecular flexibility index (Phi) is 9.71. The topological polar surface area (TPSA) is 96.2 Å². The summed E-state index contributed by atoms with van der Waals surface area (Å²) in [6.45, 7) is 7.76. The molecule has 2 amide bonds. The van der Waals surface area contributed by atoms with E-state index in [9.17, 15) is 14.0 Å². The van der Waals surface area contributed by atoms with Gasteiger partial charge in [0.05, 0.1) is 0 Å². The Hall–Kier alpha value is -4.15. The summed E-state index contributed by atoms with van der Waals surface area (Å²) in [7, 11) is 0. The predicted molar refractivity (Wildman–Crippen MR) is 167 cm³/mol. The van der Waals surface area contributed by atoms with Crippen LogP contribution in [0.4, 0.5) is 4.39 Å². The number of carbonyl (C=O) groups is 2. The molecule has 0 spiro atoms. The first-order valence-electron chi connectivity index (χ1n) is 14.7. The molecule has 1 N–H and O–H groups in total. The number of tetrazole rings is 1. The Morgan fingerprint density at radius 1 is 1.00 bits per heavy atom. The Morgan fingerprint density at radius 3 is 2.30 bits per heavy atom. The number of rotatable bonds is 9. The number of likely N-dealkylation sites (tertiary alicyclic amines) is 1. The first-order valence-corrected chi connectivity index (χ1v) is 15.1. The molecular formula is C33H37ClFN7O2. The summed E-state index contributed by atoms with van der Waals surface area (Å²) in [6.07, 6.45) is 1.33. The maximum Gasteiger partial charge on any atom is 0.247 e. The molecule has 1 aromatic heterocycles. The second-order valence-electron chi connectivity index (χ2n) is 12.1. The first kappa shape index (κ1) is 31.3. The van der Waals surface area contributed by atoms with E-state index in [0.717, 1.165) is 19.6 Å². The SMILES string of the molecule is CC(C)(C)NC(=O)C(c1ccc(F)cc1)N(C(=O)Cn1nnc(-c2ccc(Cl)cc2)n1)C1CCN(Cc2ccccc2)CC1. The molecule has 1 unspecified atom stereocenters. The molecule has 1 aliphatic rings. The average Bonchev–Trinajstić information content (AvgIpc) is 3.45. The number of aromatic nitrogens is 4. The zero-order valence-electron chi connectivity index (χ0n) is 25.2. The van der Waals surface area contributed by atoms with Crippen LogP contribution in [0.5, 0.6) is 0 Å². The van der Waals surface area contributed by atoms with Crippen LogP contribution in [0.3, 0.4) is 0 Å². The van der Waals surface area contributed by atoms with E-state index >= 15 is 0 Å². The number of piperidine rings is 1. The number of nitrogens with one attached hydrogen (secondary N) is 1. The van der Waals surface area contributed by atoms with Crippen LogP contribution in [0.15, 0.2) is 78.9 Å². The van der Waals surface area contributed by atoms with Crippen LogP contribution in [0.1, 0.15) is 50.8 Å². The summed E-state index contributed by atoms with van der Waals surface area (Å²) in [5.41, 5.74) is 1.91. The van der Waals surface area contributed by atoms with E-state index in [1.165, 1.54) is 22.5 Å². The lowest BCUT2D eigenvalue weighted by atomic mass is 9.95. The lowest BCUT2D eigenvalue weighted by Gasteiger charge is -2.42. The summed E-state index contributed by atoms with van der Waals surface area (Å²) < 4.78 is 14.0. The van der Waals surface area contributed by atoms with Gasteiger partial charge in [0.1, 0.15) is 18.4 Å². The van der Waals surface area contributed by atoms with Gasteiger partial charge in [0.25, 0.3) is 0 Å². The molecule has 1 saturated heterocycles. The zero-order chi connectivity index (χ0) is 31.3. The second-order valence-corrected chi connectivity index (χ2v) is 12.6. The minimum absolute atomic E-state index is 0.217. The molecule has 9 nitrogen and oxygen atoms in total. The van der Waals surface area contributed by atoms with Crippen LogP contribution >= 0.6 is 11.6 Å². The molecule has 0 radical (unpaired) electrons. The highest BCUT2D eigenvalue weighted by molar-refractivity contribution is 6.30. The third-order valence-electron chi connectivity index (χ3n) is 7.53. The Bertz CT molecular complexity index is 1550. The molecule has 44 heavy (non-hydrogen) atoms. The van der Waals surface area contributed by atoms with Gasteiger partial charge in [0.2, 0.25) is 17.6 Å². The molecule has 1 atom stereocenters. The van der Waals surface area contributed by atoms with Crippen LogP contribution in [-0.2, 0) is 22.7 Å². The van der Waals surface area contributed by atoms with Crippen molar-refractivity contribution in [2.75, 3.05) is 13.1 Å². The molecule has 0 saturated carbocycles. The average molecular weight is 618 g/mol. The minimum atomic E-state index is -0.979. The summed E-state index contributed by atoms with van der Waals surface area (Å²) in [6, 6.07) is 21.8. The fraction of sp³-hybridized carbons (Fsp3) is 0.364. The van der Waals surface area contributed by atoms with Gasteiger partial charge < -0.3 is 10.2 Å². The molecular weight excluding hydrogens is 581 g/mol. The third kappa shape index (κ3) is 8.06. The van der Waals surface area contributed by atoms with E-state index in [1.54, 1.807) is 41.3 Å². The normalized spacial score (nSPS) is 15.1. The quantitative estimate of drug-likeness (QED) is 0.275. The minimum Gasteiger partial charge on any atom is -0.349 e. The van der Waals surface area contributed by atoms with Crippen molar-refractivity contribution in [3.8, 4) is 11.4 Å². The van der Waals surface area contributed by atoms with Crippen molar-refractivity contribution in [2.45, 2.75) is 64.3 Å². The molecule has 2 heterocycles. The van der Waals surface area contributed by atoms with Crippen molar-refractivity contribution in [3.05, 3.63) is 101 Å². The van der Waals surface area contributed by atoms with Gasteiger partial charge in [0, 0.05) is 41.8 Å². The van der Waals surface area contributed by atoms with Gasteiger partial charge >= 0.3 is 0 Å². The fourth-order valence-electron chi connectivity index (χ4n) is 5.50. The van der Waals surface area contributed by atoms with Crippen molar-refractivity contribution in [1.82, 2.24) is 35.3 Å². The Morgan fingerprint density at radius 2 is 1.66 bits per heavy atom. The molecule has 11 heteroatoms. The molecule has 4 aromatic rings. The standard InChI is InChI=1S/C33H37ClFN7O2/c1-33(2,3)36-32(44)30(24-11-15-27(35)16-12-24)42(28-17-19-40(20-18-28)21-23-7-5-4-6-8-23)29(43)22-41-38-31(37-39-41)25-9-13-26(34)14-10-25/h4-16,28,30H,17-22H2,1-3H3,(H,36,44). The maximum absolute atomic E-state index is 14.2. The van der Waals surface area contributed by atoms with Crippen LogP contribution in [0.2, 0.25) is 5.02 Å². The number of nitrogens with zero attached hydrogens (tertiary/aromatic N) is 6. The van der Waals surface area contributed by atoms with Gasteiger partial charge in [-0.25, -0.2) is 4.39 Å². The van der Waals surface area contributed by atoms with E-state index in [2.05, 4.69) is 37.8 Å². The van der Waals surface area contributed by atoms with Crippen molar-refractivity contribution in [3.63, 3.8) is 0 Å². The summed E-state index contributed by atoms with van der Waals surface area (Å²) in [4.78, 5) is 33.4. The smallest absolute Gasteiger partial charge is 0.247 e. The predicted octanol–water partition coefficient (Wildman–Crippen LogP) is 5.28. The monoisotopic (exact) mass is 617 g/mol. The maximum atomic E-state index is 14.2. The fourth-order valence-corrected chi connectivity index (χ4v) is 5.63. The molecule has 5 rings (SSSR count). The van der Waals surface area contributed by atoms with E-state index in [1.807, 2.05) is 39.0 Å². The van der Waals surface area contributed by atoms with Gasteiger partial charge in [-0.05, 0) is 86.4 Å². The number of hydrogen-bond donors (Lipinski definition) is 1. The van der Waals surface area contributed by atoms with E-state index in [4.69, 9.17) is 11.6 Å².